The molecule has 0 aromatic heterocycles. The first-order chi connectivity index (χ1) is 5.24. The summed E-state index contributed by atoms with van der Waals surface area (Å²) in [4.78, 5) is 0. The van der Waals surface area contributed by atoms with Crippen molar-refractivity contribution in [2.45, 2.75) is 12.5 Å². The van der Waals surface area contributed by atoms with Gasteiger partial charge in [0.05, 0.1) is 0 Å². The SMILES string of the molecule is COC(CO[Si]C)(OC)OC. The van der Waals surface area contributed by atoms with Gasteiger partial charge in [-0.15, -0.1) is 0 Å². The lowest BCUT2D eigenvalue weighted by Crippen LogP contribution is -2.41. The molecular formula is C6H14O4Si. The molecule has 0 aliphatic carbocycles. The molecule has 5 heteroatoms. The lowest BCUT2D eigenvalue weighted by Gasteiger charge is -2.27. The van der Waals surface area contributed by atoms with E-state index in [-0.39, 0.29) is 6.61 Å². The van der Waals surface area contributed by atoms with E-state index in [1.165, 1.54) is 21.3 Å². The van der Waals surface area contributed by atoms with Gasteiger partial charge >= 0.3 is 5.97 Å². The molecule has 0 aliphatic heterocycles. The molecule has 11 heavy (non-hydrogen) atoms. The van der Waals surface area contributed by atoms with Crippen LogP contribution in [0.2, 0.25) is 6.55 Å². The summed E-state index contributed by atoms with van der Waals surface area (Å²) in [5.74, 6) is -1.04. The van der Waals surface area contributed by atoms with E-state index < -0.39 is 5.97 Å². The molecule has 0 amide bonds. The summed E-state index contributed by atoms with van der Waals surface area (Å²) in [6.45, 7) is 2.21. The highest BCUT2D eigenvalue weighted by Crippen LogP contribution is 2.11. The first-order valence-electron chi connectivity index (χ1n) is 3.18. The largest absolute Gasteiger partial charge is 0.409 e. The van der Waals surface area contributed by atoms with Gasteiger partial charge in [-0.05, 0) is 6.55 Å². The number of hydrogen-bond donors (Lipinski definition) is 0. The van der Waals surface area contributed by atoms with Gasteiger partial charge in [-0.1, -0.05) is 0 Å². The van der Waals surface area contributed by atoms with Crippen molar-refractivity contribution >= 4 is 9.76 Å². The van der Waals surface area contributed by atoms with Gasteiger partial charge in [0, 0.05) is 21.3 Å². The molecular weight excluding hydrogens is 164 g/mol. The van der Waals surface area contributed by atoms with Crippen molar-refractivity contribution in [1.29, 1.82) is 0 Å². The van der Waals surface area contributed by atoms with Gasteiger partial charge in [-0.2, -0.15) is 0 Å². The molecule has 0 N–H and O–H groups in total. The summed E-state index contributed by atoms with van der Waals surface area (Å²) in [7, 11) is 4.93. The van der Waals surface area contributed by atoms with Gasteiger partial charge in [-0.3, -0.25) is 0 Å². The second kappa shape index (κ2) is 5.67. The Morgan fingerprint density at radius 2 is 1.55 bits per heavy atom. The second-order valence-corrected chi connectivity index (χ2v) is 2.49. The Kier molecular flexibility index (Phi) is 5.70. The minimum absolute atomic E-state index is 0.283. The van der Waals surface area contributed by atoms with E-state index in [1.807, 2.05) is 6.55 Å². The number of hydrogen-bond acceptors (Lipinski definition) is 4. The van der Waals surface area contributed by atoms with Gasteiger partial charge in [0.15, 0.2) is 0 Å². The maximum absolute atomic E-state index is 5.12. The maximum atomic E-state index is 5.12. The Balaban J connectivity index is 3.84. The van der Waals surface area contributed by atoms with Crippen molar-refractivity contribution in [3.8, 4) is 0 Å². The third-order valence-electron chi connectivity index (χ3n) is 1.33. The third kappa shape index (κ3) is 3.30. The summed E-state index contributed by atoms with van der Waals surface area (Å²) in [5, 5.41) is 0. The molecule has 0 atom stereocenters. The Morgan fingerprint density at radius 1 is 1.09 bits per heavy atom. The monoisotopic (exact) mass is 178 g/mol. The summed E-state index contributed by atoms with van der Waals surface area (Å²) in [5.41, 5.74) is 0. The van der Waals surface area contributed by atoms with Gasteiger partial charge in [-0.25, -0.2) is 0 Å². The molecule has 0 heterocycles. The van der Waals surface area contributed by atoms with Gasteiger partial charge < -0.3 is 18.6 Å². The molecule has 66 valence electrons. The van der Waals surface area contributed by atoms with Gasteiger partial charge in [0.2, 0.25) is 9.76 Å². The predicted molar refractivity (Wildman–Crippen MR) is 41.3 cm³/mol. The van der Waals surface area contributed by atoms with E-state index in [4.69, 9.17) is 18.6 Å². The number of ether oxygens (including phenoxy) is 3. The summed E-state index contributed by atoms with van der Waals surface area (Å²) in [6, 6.07) is 0. The average Bonchev–Trinajstić information content (AvgIpc) is 2.08. The highest BCUT2D eigenvalue weighted by molar-refractivity contribution is 6.24. The van der Waals surface area contributed by atoms with Crippen LogP contribution in [-0.2, 0) is 18.6 Å². The predicted octanol–water partition coefficient (Wildman–Crippen LogP) is 0.263. The third-order valence-corrected chi connectivity index (χ3v) is 1.76. The van der Waals surface area contributed by atoms with Crippen LogP contribution in [0.3, 0.4) is 0 Å². The fraction of sp³-hybridized carbons (Fsp3) is 1.00. The van der Waals surface area contributed by atoms with Crippen molar-refractivity contribution in [1.82, 2.24) is 0 Å². The van der Waals surface area contributed by atoms with Crippen LogP contribution in [0.25, 0.3) is 0 Å². The molecule has 0 spiro atoms. The summed E-state index contributed by atoms with van der Waals surface area (Å²) >= 11 is 0. The van der Waals surface area contributed by atoms with Crippen LogP contribution in [0, 0.1) is 0 Å². The Bertz CT molecular complexity index is 86.3. The minimum Gasteiger partial charge on any atom is -0.409 e. The molecule has 0 bridgehead atoms. The molecule has 0 aliphatic rings. The minimum atomic E-state index is -1.04. The van der Waals surface area contributed by atoms with Gasteiger partial charge in [0.25, 0.3) is 0 Å². The zero-order valence-corrected chi connectivity index (χ0v) is 8.34. The van der Waals surface area contributed by atoms with E-state index in [1.54, 1.807) is 0 Å². The van der Waals surface area contributed by atoms with Crippen LogP contribution in [0.1, 0.15) is 0 Å². The van der Waals surface area contributed by atoms with Crippen molar-refractivity contribution in [3.63, 3.8) is 0 Å². The fourth-order valence-electron chi connectivity index (χ4n) is 0.587. The van der Waals surface area contributed by atoms with Gasteiger partial charge in [0.1, 0.15) is 6.61 Å². The second-order valence-electron chi connectivity index (χ2n) is 1.79. The van der Waals surface area contributed by atoms with Crippen LogP contribution in [0.15, 0.2) is 0 Å². The topological polar surface area (TPSA) is 36.9 Å². The average molecular weight is 178 g/mol. The summed E-state index contributed by atoms with van der Waals surface area (Å²) < 4.78 is 20.0. The first-order valence-corrected chi connectivity index (χ1v) is 4.59. The van der Waals surface area contributed by atoms with Crippen molar-refractivity contribution < 1.29 is 18.6 Å². The standard InChI is InChI=1S/C6H14O4Si/c1-7-6(8-2,9-3)5-10-11-4/h5H2,1-4H3. The molecule has 0 fully saturated rings. The maximum Gasteiger partial charge on any atom is 0.305 e. The lowest BCUT2D eigenvalue weighted by atomic mass is 10.6. The summed E-state index contributed by atoms with van der Waals surface area (Å²) in [6.07, 6.45) is 0. The van der Waals surface area contributed by atoms with Crippen molar-refractivity contribution in [3.05, 3.63) is 0 Å². The van der Waals surface area contributed by atoms with E-state index in [9.17, 15) is 0 Å². The van der Waals surface area contributed by atoms with E-state index in [0.29, 0.717) is 9.76 Å². The highest BCUT2D eigenvalue weighted by Gasteiger charge is 2.29. The smallest absolute Gasteiger partial charge is 0.305 e. The molecule has 0 rings (SSSR count). The first kappa shape index (κ1) is 11.1. The normalized spacial score (nSPS) is 12.0. The molecule has 0 aromatic rings. The zero-order chi connectivity index (χ0) is 8.74. The van der Waals surface area contributed by atoms with Crippen molar-refractivity contribution in [2.24, 2.45) is 0 Å². The van der Waals surface area contributed by atoms with Crippen LogP contribution < -0.4 is 0 Å². The molecule has 0 unspecified atom stereocenters. The molecule has 0 aromatic carbocycles. The molecule has 4 nitrogen and oxygen atoms in total. The molecule has 0 saturated carbocycles. The Morgan fingerprint density at radius 3 is 1.82 bits per heavy atom. The molecule has 2 radical (unpaired) electrons. The zero-order valence-electron chi connectivity index (χ0n) is 7.34. The van der Waals surface area contributed by atoms with Crippen LogP contribution in [0.4, 0.5) is 0 Å². The quantitative estimate of drug-likeness (QED) is 0.432. The van der Waals surface area contributed by atoms with Crippen LogP contribution in [-0.4, -0.2) is 43.7 Å². The Labute approximate surface area is 69.7 Å². The van der Waals surface area contributed by atoms with Crippen LogP contribution in [0.5, 0.6) is 0 Å². The van der Waals surface area contributed by atoms with Crippen molar-refractivity contribution in [2.75, 3.05) is 27.9 Å². The number of methoxy groups -OCH3 is 3. The highest BCUT2D eigenvalue weighted by atomic mass is 28.2. The van der Waals surface area contributed by atoms with Crippen LogP contribution >= 0.6 is 0 Å². The lowest BCUT2D eigenvalue weighted by molar-refractivity contribution is -0.361. The molecule has 0 saturated heterocycles. The Hall–Kier alpha value is 0.0569. The van der Waals surface area contributed by atoms with E-state index in [0.717, 1.165) is 0 Å². The van der Waals surface area contributed by atoms with E-state index >= 15 is 0 Å². The fourth-order valence-corrected chi connectivity index (χ4v) is 0.908. The van der Waals surface area contributed by atoms with E-state index in [2.05, 4.69) is 0 Å². The number of rotatable bonds is 6.